The van der Waals surface area contributed by atoms with Crippen LogP contribution in [0.2, 0.25) is 0 Å². The van der Waals surface area contributed by atoms with Crippen LogP contribution in [0.3, 0.4) is 0 Å². The molecule has 1 fully saturated rings. The highest BCUT2D eigenvalue weighted by Crippen LogP contribution is 2.40. The summed E-state index contributed by atoms with van der Waals surface area (Å²) in [6, 6.07) is 0. The Kier molecular flexibility index (Phi) is 2.93. The van der Waals surface area contributed by atoms with Gasteiger partial charge in [0.15, 0.2) is 5.82 Å². The van der Waals surface area contributed by atoms with Gasteiger partial charge in [0.25, 0.3) is 0 Å². The summed E-state index contributed by atoms with van der Waals surface area (Å²) in [7, 11) is 1.72. The Morgan fingerprint density at radius 3 is 2.67 bits per heavy atom. The van der Waals surface area contributed by atoms with Crippen LogP contribution < -0.4 is 0 Å². The van der Waals surface area contributed by atoms with E-state index in [1.54, 1.807) is 7.11 Å². The largest absolute Gasteiger partial charge is 0.370 e. The van der Waals surface area contributed by atoms with Crippen molar-refractivity contribution in [3.05, 3.63) is 10.7 Å². The van der Waals surface area contributed by atoms with Crippen molar-refractivity contribution in [3.8, 4) is 0 Å². The first-order valence-corrected chi connectivity index (χ1v) is 5.68. The fourth-order valence-electron chi connectivity index (χ4n) is 2.19. The van der Waals surface area contributed by atoms with Crippen LogP contribution in [0.4, 0.5) is 0 Å². The SMILES string of the molecule is COC1(c2nc(=S)o[nH]2)CCC(C)CC1. The maximum absolute atomic E-state index is 5.63. The van der Waals surface area contributed by atoms with Crippen molar-refractivity contribution in [2.75, 3.05) is 7.11 Å². The standard InChI is InChI=1S/C10H16N2O2S/c1-7-3-5-10(13-2,6-4-7)8-11-9(15)14-12-8/h7H,3-6H2,1-2H3,(H,11,12,15). The fourth-order valence-corrected chi connectivity index (χ4v) is 2.32. The van der Waals surface area contributed by atoms with Crippen molar-refractivity contribution in [2.24, 2.45) is 5.92 Å². The lowest BCUT2D eigenvalue weighted by Gasteiger charge is -2.35. The lowest BCUT2D eigenvalue weighted by molar-refractivity contribution is -0.0609. The highest BCUT2D eigenvalue weighted by molar-refractivity contribution is 7.71. The third-order valence-corrected chi connectivity index (χ3v) is 3.52. The molecule has 1 aliphatic rings. The fraction of sp³-hybridized carbons (Fsp3) is 0.800. The van der Waals surface area contributed by atoms with Gasteiger partial charge in [-0.3, -0.25) is 0 Å². The molecule has 1 aromatic rings. The average Bonchev–Trinajstić information content (AvgIpc) is 2.67. The summed E-state index contributed by atoms with van der Waals surface area (Å²) >= 11 is 4.86. The third kappa shape index (κ3) is 1.99. The van der Waals surface area contributed by atoms with Gasteiger partial charge in [0.1, 0.15) is 5.60 Å². The molecule has 0 atom stereocenters. The van der Waals surface area contributed by atoms with Crippen LogP contribution in [0.15, 0.2) is 4.52 Å². The molecule has 0 bridgehead atoms. The van der Waals surface area contributed by atoms with Gasteiger partial charge < -0.3 is 9.26 Å². The zero-order chi connectivity index (χ0) is 10.9. The van der Waals surface area contributed by atoms with Gasteiger partial charge in [-0.25, -0.2) is 5.16 Å². The molecule has 2 rings (SSSR count). The molecule has 4 nitrogen and oxygen atoms in total. The average molecular weight is 228 g/mol. The van der Waals surface area contributed by atoms with Crippen LogP contribution in [-0.2, 0) is 10.3 Å². The molecule has 15 heavy (non-hydrogen) atoms. The first kappa shape index (κ1) is 10.8. The first-order valence-electron chi connectivity index (χ1n) is 5.27. The number of H-pyrrole nitrogens is 1. The maximum atomic E-state index is 5.63. The Labute approximate surface area is 94.0 Å². The van der Waals surface area contributed by atoms with Gasteiger partial charge in [0.05, 0.1) is 0 Å². The van der Waals surface area contributed by atoms with Crippen LogP contribution in [0.5, 0.6) is 0 Å². The molecule has 0 unspecified atom stereocenters. The first-order chi connectivity index (χ1) is 7.16. The van der Waals surface area contributed by atoms with E-state index in [1.165, 1.54) is 0 Å². The molecule has 0 aliphatic heterocycles. The minimum Gasteiger partial charge on any atom is -0.370 e. The molecule has 0 aromatic carbocycles. The Morgan fingerprint density at radius 2 is 2.20 bits per heavy atom. The van der Waals surface area contributed by atoms with Crippen LogP contribution in [0.25, 0.3) is 0 Å². The van der Waals surface area contributed by atoms with E-state index in [9.17, 15) is 0 Å². The van der Waals surface area contributed by atoms with Crippen molar-refractivity contribution in [1.29, 1.82) is 0 Å². The predicted molar refractivity (Wildman–Crippen MR) is 58.0 cm³/mol. The molecule has 1 heterocycles. The third-order valence-electron chi connectivity index (χ3n) is 3.34. The summed E-state index contributed by atoms with van der Waals surface area (Å²) in [5.41, 5.74) is -0.312. The lowest BCUT2D eigenvalue weighted by Crippen LogP contribution is -2.34. The Bertz CT molecular complexity index is 377. The van der Waals surface area contributed by atoms with Gasteiger partial charge in [0.2, 0.25) is 0 Å². The summed E-state index contributed by atoms with van der Waals surface area (Å²) in [4.78, 5) is 4.42. The summed E-state index contributed by atoms with van der Waals surface area (Å²) in [5.74, 6) is 1.50. The molecule has 0 spiro atoms. The van der Waals surface area contributed by atoms with Gasteiger partial charge in [0, 0.05) is 7.11 Å². The molecule has 1 saturated carbocycles. The number of methoxy groups -OCH3 is 1. The minimum absolute atomic E-state index is 0.250. The number of rotatable bonds is 2. The Balaban J connectivity index is 2.26. The highest BCUT2D eigenvalue weighted by atomic mass is 32.1. The number of nitrogens with one attached hydrogen (secondary N) is 1. The number of hydrogen-bond donors (Lipinski definition) is 1. The van der Waals surface area contributed by atoms with Crippen molar-refractivity contribution in [3.63, 3.8) is 0 Å². The van der Waals surface area contributed by atoms with Gasteiger partial charge in [-0.15, -0.1) is 0 Å². The molecule has 1 aliphatic carbocycles. The van der Waals surface area contributed by atoms with Gasteiger partial charge >= 0.3 is 4.84 Å². The van der Waals surface area contributed by atoms with E-state index in [-0.39, 0.29) is 10.4 Å². The Hall–Kier alpha value is -0.680. The summed E-state index contributed by atoms with van der Waals surface area (Å²) in [5, 5.41) is 2.77. The second-order valence-electron chi connectivity index (χ2n) is 4.31. The number of hydrogen-bond acceptors (Lipinski definition) is 4. The second kappa shape index (κ2) is 4.06. The molecule has 1 aromatic heterocycles. The van der Waals surface area contributed by atoms with Crippen LogP contribution in [0.1, 0.15) is 38.4 Å². The van der Waals surface area contributed by atoms with Crippen LogP contribution in [-0.4, -0.2) is 17.3 Å². The summed E-state index contributed by atoms with van der Waals surface area (Å²) in [6.07, 6.45) is 4.26. The van der Waals surface area contributed by atoms with E-state index in [4.69, 9.17) is 21.5 Å². The van der Waals surface area contributed by atoms with E-state index in [2.05, 4.69) is 17.1 Å². The van der Waals surface area contributed by atoms with Gasteiger partial charge in [-0.05, 0) is 43.8 Å². The van der Waals surface area contributed by atoms with E-state index in [0.29, 0.717) is 0 Å². The van der Waals surface area contributed by atoms with E-state index >= 15 is 0 Å². The van der Waals surface area contributed by atoms with E-state index in [0.717, 1.165) is 37.4 Å². The van der Waals surface area contributed by atoms with Gasteiger partial charge in [-0.1, -0.05) is 6.92 Å². The lowest BCUT2D eigenvalue weighted by atomic mass is 9.79. The van der Waals surface area contributed by atoms with Gasteiger partial charge in [-0.2, -0.15) is 4.98 Å². The van der Waals surface area contributed by atoms with Crippen molar-refractivity contribution in [1.82, 2.24) is 10.1 Å². The van der Waals surface area contributed by atoms with Crippen molar-refractivity contribution in [2.45, 2.75) is 38.2 Å². The summed E-state index contributed by atoms with van der Waals surface area (Å²) < 4.78 is 10.6. The molecular weight excluding hydrogens is 212 g/mol. The molecule has 0 radical (unpaired) electrons. The molecule has 84 valence electrons. The quantitative estimate of drug-likeness (QED) is 0.791. The molecule has 0 amide bonds. The molecule has 1 N–H and O–H groups in total. The Morgan fingerprint density at radius 1 is 1.53 bits per heavy atom. The zero-order valence-electron chi connectivity index (χ0n) is 9.08. The molecule has 5 heteroatoms. The monoisotopic (exact) mass is 228 g/mol. The number of aromatic amines is 1. The van der Waals surface area contributed by atoms with Crippen LogP contribution >= 0.6 is 12.2 Å². The molecule has 0 saturated heterocycles. The second-order valence-corrected chi connectivity index (χ2v) is 4.66. The normalized spacial score (nSPS) is 31.7. The number of ether oxygens (including phenoxy) is 1. The smallest absolute Gasteiger partial charge is 0.314 e. The molecular formula is C10H16N2O2S. The van der Waals surface area contributed by atoms with E-state index in [1.807, 2.05) is 0 Å². The zero-order valence-corrected chi connectivity index (χ0v) is 9.89. The minimum atomic E-state index is -0.312. The number of nitrogens with zero attached hydrogens (tertiary/aromatic N) is 1. The van der Waals surface area contributed by atoms with Crippen LogP contribution in [0, 0.1) is 10.8 Å². The van der Waals surface area contributed by atoms with E-state index < -0.39 is 0 Å². The van der Waals surface area contributed by atoms with Crippen molar-refractivity contribution >= 4 is 12.2 Å². The maximum Gasteiger partial charge on any atom is 0.314 e. The topological polar surface area (TPSA) is 51.1 Å². The predicted octanol–water partition coefficient (Wildman–Crippen LogP) is 2.78. The highest BCUT2D eigenvalue weighted by Gasteiger charge is 2.38. The van der Waals surface area contributed by atoms with Crippen molar-refractivity contribution < 1.29 is 9.26 Å². The number of aromatic nitrogens is 2. The summed E-state index contributed by atoms with van der Waals surface area (Å²) in [6.45, 7) is 2.27.